The first-order chi connectivity index (χ1) is 14.6. The van der Waals surface area contributed by atoms with Crippen molar-refractivity contribution in [3.63, 3.8) is 0 Å². The number of hydrogen-bond donors (Lipinski definition) is 1. The van der Waals surface area contributed by atoms with Crippen molar-refractivity contribution >= 4 is 16.9 Å². The molecule has 0 unspecified atom stereocenters. The van der Waals surface area contributed by atoms with Crippen LogP contribution in [0.15, 0.2) is 48.7 Å². The molecule has 2 aromatic carbocycles. The van der Waals surface area contributed by atoms with Crippen LogP contribution in [-0.2, 0) is 6.54 Å². The molecule has 0 spiro atoms. The highest BCUT2D eigenvalue weighted by Crippen LogP contribution is 2.32. The molecule has 5 rings (SSSR count). The maximum atomic E-state index is 13.1. The van der Waals surface area contributed by atoms with Crippen molar-refractivity contribution in [3.8, 4) is 0 Å². The molecule has 3 heterocycles. The Morgan fingerprint density at radius 3 is 2.90 bits per heavy atom. The van der Waals surface area contributed by atoms with Gasteiger partial charge in [-0.1, -0.05) is 23.4 Å². The number of fused-ring (bicyclic) bond motifs is 1. The molecule has 1 N–H and O–H groups in total. The topological polar surface area (TPSA) is 79.7 Å². The SMILES string of the molecule is Cc1ccc2nc([C@@H]3CCCN3C(=O)c3cn(Cc4ccc(F)cc4)nn3)[nH]c2c1. The fourth-order valence-corrected chi connectivity index (χ4v) is 3.99. The molecule has 2 aromatic heterocycles. The van der Waals surface area contributed by atoms with Crippen molar-refractivity contribution < 1.29 is 9.18 Å². The van der Waals surface area contributed by atoms with Gasteiger partial charge in [-0.15, -0.1) is 5.10 Å². The lowest BCUT2D eigenvalue weighted by Gasteiger charge is -2.21. The van der Waals surface area contributed by atoms with Crippen molar-refractivity contribution in [1.29, 1.82) is 0 Å². The second-order valence-electron chi connectivity index (χ2n) is 7.73. The molecule has 30 heavy (non-hydrogen) atoms. The first-order valence-corrected chi connectivity index (χ1v) is 9.98. The van der Waals surface area contributed by atoms with E-state index in [1.807, 2.05) is 24.0 Å². The first kappa shape index (κ1) is 18.5. The van der Waals surface area contributed by atoms with E-state index < -0.39 is 0 Å². The first-order valence-electron chi connectivity index (χ1n) is 9.98. The second-order valence-corrected chi connectivity index (χ2v) is 7.73. The zero-order valence-electron chi connectivity index (χ0n) is 16.5. The van der Waals surface area contributed by atoms with Crippen LogP contribution in [0.4, 0.5) is 4.39 Å². The Labute approximate surface area is 172 Å². The fourth-order valence-electron chi connectivity index (χ4n) is 3.99. The molecule has 1 saturated heterocycles. The van der Waals surface area contributed by atoms with Crippen molar-refractivity contribution in [2.24, 2.45) is 0 Å². The number of nitrogens with one attached hydrogen (secondary N) is 1. The van der Waals surface area contributed by atoms with Crippen molar-refractivity contribution in [2.75, 3.05) is 6.54 Å². The van der Waals surface area contributed by atoms with Crippen LogP contribution >= 0.6 is 0 Å². The highest BCUT2D eigenvalue weighted by Gasteiger charge is 2.34. The average molecular weight is 404 g/mol. The van der Waals surface area contributed by atoms with Crippen LogP contribution in [0.3, 0.4) is 0 Å². The number of benzene rings is 2. The van der Waals surface area contributed by atoms with Gasteiger partial charge in [-0.25, -0.2) is 14.1 Å². The second kappa shape index (κ2) is 7.37. The number of aromatic nitrogens is 5. The zero-order valence-corrected chi connectivity index (χ0v) is 16.5. The highest BCUT2D eigenvalue weighted by molar-refractivity contribution is 5.92. The van der Waals surface area contributed by atoms with E-state index in [9.17, 15) is 9.18 Å². The number of amides is 1. The largest absolute Gasteiger partial charge is 0.340 e. The number of carbonyl (C=O) groups excluding carboxylic acids is 1. The summed E-state index contributed by atoms with van der Waals surface area (Å²) in [6.07, 6.45) is 3.41. The molecule has 0 saturated carbocycles. The van der Waals surface area contributed by atoms with Gasteiger partial charge >= 0.3 is 0 Å². The number of likely N-dealkylation sites (tertiary alicyclic amines) is 1. The lowest BCUT2D eigenvalue weighted by Crippen LogP contribution is -2.31. The molecule has 7 nitrogen and oxygen atoms in total. The molecule has 1 aliphatic rings. The summed E-state index contributed by atoms with van der Waals surface area (Å²) in [6.45, 7) is 3.12. The van der Waals surface area contributed by atoms with Gasteiger partial charge < -0.3 is 9.88 Å². The third kappa shape index (κ3) is 3.45. The number of rotatable bonds is 4. The minimum Gasteiger partial charge on any atom is -0.340 e. The molecule has 1 aliphatic heterocycles. The maximum Gasteiger partial charge on any atom is 0.276 e. The van der Waals surface area contributed by atoms with Crippen LogP contribution < -0.4 is 0 Å². The molecule has 1 amide bonds. The Morgan fingerprint density at radius 1 is 1.23 bits per heavy atom. The molecule has 0 radical (unpaired) electrons. The molecule has 0 bridgehead atoms. The summed E-state index contributed by atoms with van der Waals surface area (Å²) in [5.74, 6) is 0.369. The Balaban J connectivity index is 1.35. The number of H-pyrrole nitrogens is 1. The van der Waals surface area contributed by atoms with E-state index in [0.717, 1.165) is 40.8 Å². The van der Waals surface area contributed by atoms with Gasteiger partial charge in [-0.2, -0.15) is 0 Å². The molecule has 4 aromatic rings. The van der Waals surface area contributed by atoms with E-state index in [1.54, 1.807) is 23.0 Å². The molecule has 152 valence electrons. The summed E-state index contributed by atoms with van der Waals surface area (Å²) in [5.41, 5.74) is 4.23. The van der Waals surface area contributed by atoms with Gasteiger partial charge in [-0.3, -0.25) is 4.79 Å². The minimum absolute atomic E-state index is 0.104. The maximum absolute atomic E-state index is 13.1. The molecular weight excluding hydrogens is 383 g/mol. The predicted octanol–water partition coefficient (Wildman–Crippen LogP) is 3.63. The van der Waals surface area contributed by atoms with Gasteiger partial charge in [-0.05, 0) is 55.2 Å². The molecule has 1 fully saturated rings. The molecular formula is C22H21FN6O. The van der Waals surface area contributed by atoms with Gasteiger partial charge in [0.25, 0.3) is 5.91 Å². The number of aryl methyl sites for hydroxylation is 1. The van der Waals surface area contributed by atoms with E-state index in [1.165, 1.54) is 12.1 Å². The molecule has 1 atom stereocenters. The molecule has 8 heteroatoms. The average Bonchev–Trinajstić information content (AvgIpc) is 3.47. The number of carbonyl (C=O) groups is 1. The zero-order chi connectivity index (χ0) is 20.7. The van der Waals surface area contributed by atoms with Gasteiger partial charge in [0.2, 0.25) is 0 Å². The summed E-state index contributed by atoms with van der Waals surface area (Å²) >= 11 is 0. The van der Waals surface area contributed by atoms with Gasteiger partial charge in [0.15, 0.2) is 5.69 Å². The van der Waals surface area contributed by atoms with Crippen LogP contribution in [-0.4, -0.2) is 42.3 Å². The number of aromatic amines is 1. The fraction of sp³-hybridized carbons (Fsp3) is 0.273. The van der Waals surface area contributed by atoms with Gasteiger partial charge in [0, 0.05) is 6.54 Å². The van der Waals surface area contributed by atoms with Gasteiger partial charge in [0.1, 0.15) is 11.6 Å². The Kier molecular flexibility index (Phi) is 4.54. The van der Waals surface area contributed by atoms with Crippen LogP contribution in [0.1, 0.15) is 46.3 Å². The third-order valence-electron chi connectivity index (χ3n) is 5.50. The third-order valence-corrected chi connectivity index (χ3v) is 5.50. The number of halogens is 1. The minimum atomic E-state index is -0.283. The number of nitrogens with zero attached hydrogens (tertiary/aromatic N) is 5. The van der Waals surface area contributed by atoms with Crippen LogP contribution in [0.2, 0.25) is 0 Å². The number of hydrogen-bond acceptors (Lipinski definition) is 4. The summed E-state index contributed by atoms with van der Waals surface area (Å²) in [6, 6.07) is 12.2. The normalized spacial score (nSPS) is 16.5. The predicted molar refractivity (Wildman–Crippen MR) is 109 cm³/mol. The standard InChI is InChI=1S/C22H21FN6O/c1-14-4-9-17-18(11-14)25-21(24-17)20-3-2-10-29(20)22(30)19-13-28(27-26-19)12-15-5-7-16(23)8-6-15/h4-9,11,13,20H,2-3,10,12H2,1H3,(H,24,25)/t20-/m0/s1. The monoisotopic (exact) mass is 404 g/mol. The summed E-state index contributed by atoms with van der Waals surface area (Å²) in [4.78, 5) is 23.0. The van der Waals surface area contributed by atoms with E-state index in [2.05, 4.69) is 21.4 Å². The molecule has 0 aliphatic carbocycles. The van der Waals surface area contributed by atoms with Crippen LogP contribution in [0.25, 0.3) is 11.0 Å². The van der Waals surface area contributed by atoms with Crippen LogP contribution in [0, 0.1) is 12.7 Å². The van der Waals surface area contributed by atoms with E-state index in [-0.39, 0.29) is 17.8 Å². The van der Waals surface area contributed by atoms with Crippen molar-refractivity contribution in [2.45, 2.75) is 32.4 Å². The summed E-state index contributed by atoms with van der Waals surface area (Å²) in [5, 5.41) is 8.14. The van der Waals surface area contributed by atoms with Crippen LogP contribution in [0.5, 0.6) is 0 Å². The van der Waals surface area contributed by atoms with E-state index in [4.69, 9.17) is 4.98 Å². The van der Waals surface area contributed by atoms with Crippen molar-refractivity contribution in [1.82, 2.24) is 29.9 Å². The smallest absolute Gasteiger partial charge is 0.276 e. The summed E-state index contributed by atoms with van der Waals surface area (Å²) in [7, 11) is 0. The Hall–Kier alpha value is -3.55. The summed E-state index contributed by atoms with van der Waals surface area (Å²) < 4.78 is 14.7. The lowest BCUT2D eigenvalue weighted by atomic mass is 10.2. The Bertz CT molecular complexity index is 1210. The Morgan fingerprint density at radius 2 is 2.07 bits per heavy atom. The highest BCUT2D eigenvalue weighted by atomic mass is 19.1. The quantitative estimate of drug-likeness (QED) is 0.563. The van der Waals surface area contributed by atoms with Crippen molar-refractivity contribution in [3.05, 3.63) is 77.1 Å². The van der Waals surface area contributed by atoms with Gasteiger partial charge in [0.05, 0.1) is 29.8 Å². The number of imidazole rings is 1. The van der Waals surface area contributed by atoms with E-state index >= 15 is 0 Å². The van der Waals surface area contributed by atoms with E-state index in [0.29, 0.717) is 18.8 Å². The lowest BCUT2D eigenvalue weighted by molar-refractivity contribution is 0.0724.